The molecular weight excluding hydrogens is 232 g/mol. The summed E-state index contributed by atoms with van der Waals surface area (Å²) < 4.78 is 0. The van der Waals surface area contributed by atoms with E-state index in [-0.39, 0.29) is 0 Å². The molecule has 0 aliphatic carbocycles. The van der Waals surface area contributed by atoms with Crippen LogP contribution < -0.4 is 0 Å². The Morgan fingerprint density at radius 1 is 1.29 bits per heavy atom. The summed E-state index contributed by atoms with van der Waals surface area (Å²) >= 11 is 1.36. The molecule has 1 aromatic carbocycles. The second-order valence-electron chi connectivity index (χ2n) is 3.89. The highest BCUT2D eigenvalue weighted by Gasteiger charge is 2.15. The number of aryl methyl sites for hydroxylation is 1. The van der Waals surface area contributed by atoms with Crippen LogP contribution in [0.2, 0.25) is 0 Å². The maximum Gasteiger partial charge on any atom is 0.346 e. The first-order valence-corrected chi connectivity index (χ1v) is 6.45. The number of aromatic carboxylic acids is 1. The van der Waals surface area contributed by atoms with Gasteiger partial charge in [-0.25, -0.2) is 4.79 Å². The SMILES string of the molecule is CCCc1cc(-c2ccccc2)sc1C(=O)O. The molecule has 0 atom stereocenters. The molecule has 1 heterocycles. The smallest absolute Gasteiger partial charge is 0.346 e. The van der Waals surface area contributed by atoms with Gasteiger partial charge < -0.3 is 5.11 Å². The van der Waals surface area contributed by atoms with Crippen LogP contribution in [0, 0.1) is 0 Å². The molecule has 2 rings (SSSR count). The predicted molar refractivity (Wildman–Crippen MR) is 70.7 cm³/mol. The summed E-state index contributed by atoms with van der Waals surface area (Å²) in [4.78, 5) is 12.7. The lowest BCUT2D eigenvalue weighted by atomic mass is 10.1. The topological polar surface area (TPSA) is 37.3 Å². The largest absolute Gasteiger partial charge is 0.477 e. The van der Waals surface area contributed by atoms with Crippen LogP contribution in [0.4, 0.5) is 0 Å². The standard InChI is InChI=1S/C14H14O2S/c1-2-6-11-9-12(17-13(11)14(15)16)10-7-4-3-5-8-10/h3-5,7-9H,2,6H2,1H3,(H,15,16). The van der Waals surface area contributed by atoms with E-state index in [9.17, 15) is 4.79 Å². The van der Waals surface area contributed by atoms with Gasteiger partial charge in [-0.1, -0.05) is 43.7 Å². The number of hydrogen-bond acceptors (Lipinski definition) is 2. The molecule has 0 aliphatic heterocycles. The lowest BCUT2D eigenvalue weighted by molar-refractivity contribution is 0.0701. The molecule has 0 bridgehead atoms. The van der Waals surface area contributed by atoms with Crippen molar-refractivity contribution >= 4 is 17.3 Å². The number of benzene rings is 1. The van der Waals surface area contributed by atoms with E-state index in [1.54, 1.807) is 0 Å². The molecular formula is C14H14O2S. The van der Waals surface area contributed by atoms with E-state index in [0.29, 0.717) is 4.88 Å². The molecule has 1 aromatic heterocycles. The Bertz CT molecular complexity index is 514. The third kappa shape index (κ3) is 2.56. The Morgan fingerprint density at radius 2 is 2.00 bits per heavy atom. The molecule has 1 N–H and O–H groups in total. The fourth-order valence-corrected chi connectivity index (χ4v) is 2.86. The van der Waals surface area contributed by atoms with Crippen molar-refractivity contribution in [2.45, 2.75) is 19.8 Å². The van der Waals surface area contributed by atoms with Crippen LogP contribution in [0.3, 0.4) is 0 Å². The highest BCUT2D eigenvalue weighted by atomic mass is 32.1. The number of carboxylic acids is 1. The molecule has 0 unspecified atom stereocenters. The number of rotatable bonds is 4. The van der Waals surface area contributed by atoms with E-state index in [1.807, 2.05) is 36.4 Å². The van der Waals surface area contributed by atoms with Crippen molar-refractivity contribution < 1.29 is 9.90 Å². The maximum absolute atomic E-state index is 11.2. The van der Waals surface area contributed by atoms with Gasteiger partial charge >= 0.3 is 5.97 Å². The molecule has 0 radical (unpaired) electrons. The number of carbonyl (C=O) groups is 1. The zero-order valence-electron chi connectivity index (χ0n) is 9.64. The highest BCUT2D eigenvalue weighted by Crippen LogP contribution is 2.32. The summed E-state index contributed by atoms with van der Waals surface area (Å²) in [6.45, 7) is 2.06. The Labute approximate surface area is 105 Å². The van der Waals surface area contributed by atoms with Gasteiger partial charge in [-0.15, -0.1) is 11.3 Å². The van der Waals surface area contributed by atoms with Gasteiger partial charge in [0.05, 0.1) is 0 Å². The highest BCUT2D eigenvalue weighted by molar-refractivity contribution is 7.17. The van der Waals surface area contributed by atoms with Gasteiger partial charge in [0.25, 0.3) is 0 Å². The minimum absolute atomic E-state index is 0.478. The number of thiophene rings is 1. The van der Waals surface area contributed by atoms with Crippen molar-refractivity contribution in [3.63, 3.8) is 0 Å². The Kier molecular flexibility index (Phi) is 3.59. The van der Waals surface area contributed by atoms with Crippen molar-refractivity contribution in [1.82, 2.24) is 0 Å². The van der Waals surface area contributed by atoms with Crippen LogP contribution in [0.5, 0.6) is 0 Å². The monoisotopic (exact) mass is 246 g/mol. The van der Waals surface area contributed by atoms with Crippen LogP contribution in [0.25, 0.3) is 10.4 Å². The molecule has 0 spiro atoms. The molecule has 2 aromatic rings. The summed E-state index contributed by atoms with van der Waals surface area (Å²) in [6, 6.07) is 11.9. The zero-order valence-corrected chi connectivity index (χ0v) is 10.5. The van der Waals surface area contributed by atoms with Crippen molar-refractivity contribution in [2.75, 3.05) is 0 Å². The molecule has 0 aliphatic rings. The molecule has 0 saturated heterocycles. The molecule has 2 nitrogen and oxygen atoms in total. The van der Waals surface area contributed by atoms with Gasteiger partial charge in [0, 0.05) is 4.88 Å². The summed E-state index contributed by atoms with van der Waals surface area (Å²) in [5.74, 6) is -0.819. The van der Waals surface area contributed by atoms with E-state index in [2.05, 4.69) is 6.92 Å². The molecule has 17 heavy (non-hydrogen) atoms. The first-order valence-electron chi connectivity index (χ1n) is 5.63. The Balaban J connectivity index is 2.44. The second kappa shape index (κ2) is 5.15. The summed E-state index contributed by atoms with van der Waals surface area (Å²) in [5.41, 5.74) is 2.03. The van der Waals surface area contributed by atoms with E-state index in [4.69, 9.17) is 5.11 Å². The van der Waals surface area contributed by atoms with Crippen LogP contribution >= 0.6 is 11.3 Å². The fraction of sp³-hybridized carbons (Fsp3) is 0.214. The summed E-state index contributed by atoms with van der Waals surface area (Å²) in [5, 5.41) is 9.16. The molecule has 3 heteroatoms. The number of hydrogen-bond donors (Lipinski definition) is 1. The minimum Gasteiger partial charge on any atom is -0.477 e. The van der Waals surface area contributed by atoms with Gasteiger partial charge in [-0.2, -0.15) is 0 Å². The van der Waals surface area contributed by atoms with E-state index < -0.39 is 5.97 Å². The van der Waals surface area contributed by atoms with Gasteiger partial charge in [0.2, 0.25) is 0 Å². The molecule has 0 amide bonds. The molecule has 88 valence electrons. The van der Waals surface area contributed by atoms with Gasteiger partial charge in [0.1, 0.15) is 4.88 Å². The van der Waals surface area contributed by atoms with Crippen molar-refractivity contribution in [2.24, 2.45) is 0 Å². The van der Waals surface area contributed by atoms with Gasteiger partial charge in [0.15, 0.2) is 0 Å². The quantitative estimate of drug-likeness (QED) is 0.883. The second-order valence-corrected chi connectivity index (χ2v) is 4.94. The lowest BCUT2D eigenvalue weighted by Crippen LogP contribution is -1.96. The predicted octanol–water partition coefficient (Wildman–Crippen LogP) is 4.07. The molecule has 0 saturated carbocycles. The average Bonchev–Trinajstić information content (AvgIpc) is 2.75. The van der Waals surface area contributed by atoms with E-state index >= 15 is 0 Å². The minimum atomic E-state index is -0.819. The van der Waals surface area contributed by atoms with Crippen molar-refractivity contribution in [3.8, 4) is 10.4 Å². The van der Waals surface area contributed by atoms with Crippen molar-refractivity contribution in [3.05, 3.63) is 46.8 Å². The summed E-state index contributed by atoms with van der Waals surface area (Å²) in [6.07, 6.45) is 1.79. The van der Waals surface area contributed by atoms with Crippen LogP contribution in [0.15, 0.2) is 36.4 Å². The lowest BCUT2D eigenvalue weighted by Gasteiger charge is -1.94. The summed E-state index contributed by atoms with van der Waals surface area (Å²) in [7, 11) is 0. The number of carboxylic acid groups (broad SMARTS) is 1. The van der Waals surface area contributed by atoms with E-state index in [0.717, 1.165) is 28.8 Å². The van der Waals surface area contributed by atoms with Crippen molar-refractivity contribution in [1.29, 1.82) is 0 Å². The van der Waals surface area contributed by atoms with Gasteiger partial charge in [-0.3, -0.25) is 0 Å². The van der Waals surface area contributed by atoms with Crippen LogP contribution in [0.1, 0.15) is 28.6 Å². The van der Waals surface area contributed by atoms with Gasteiger partial charge in [-0.05, 0) is 23.6 Å². The first kappa shape index (κ1) is 11.9. The van der Waals surface area contributed by atoms with Crippen LogP contribution in [-0.2, 0) is 6.42 Å². The Hall–Kier alpha value is -1.61. The third-order valence-corrected chi connectivity index (χ3v) is 3.80. The van der Waals surface area contributed by atoms with E-state index in [1.165, 1.54) is 11.3 Å². The maximum atomic E-state index is 11.2. The average molecular weight is 246 g/mol. The third-order valence-electron chi connectivity index (χ3n) is 2.58. The Morgan fingerprint density at radius 3 is 2.59 bits per heavy atom. The molecule has 0 fully saturated rings. The fourth-order valence-electron chi connectivity index (χ4n) is 1.81. The first-order chi connectivity index (χ1) is 8.22. The van der Waals surface area contributed by atoms with Crippen LogP contribution in [-0.4, -0.2) is 11.1 Å². The normalized spacial score (nSPS) is 10.4. The zero-order chi connectivity index (χ0) is 12.3.